The largest absolute Gasteiger partial charge is 0.369 e. The van der Waals surface area contributed by atoms with E-state index in [9.17, 15) is 26.9 Å². The summed E-state index contributed by atoms with van der Waals surface area (Å²) in [5, 5.41) is 11.7. The number of nitro benzene ring substituents is 1. The second kappa shape index (κ2) is 9.49. The van der Waals surface area contributed by atoms with Crippen molar-refractivity contribution in [2.75, 3.05) is 43.4 Å². The fraction of sp³-hybridized carbons (Fsp3) is 0.333. The van der Waals surface area contributed by atoms with Crippen molar-refractivity contribution in [1.82, 2.24) is 9.03 Å². The molecule has 1 aliphatic heterocycles. The molecule has 0 aromatic heterocycles. The summed E-state index contributed by atoms with van der Waals surface area (Å²) in [5.41, 5.74) is 0.330. The van der Waals surface area contributed by atoms with Crippen molar-refractivity contribution in [2.24, 2.45) is 0 Å². The Balaban J connectivity index is 1.58. The minimum atomic E-state index is -4.23. The first-order chi connectivity index (χ1) is 14.6. The van der Waals surface area contributed by atoms with E-state index in [1.807, 2.05) is 23.1 Å². The molecule has 10 nitrogen and oxygen atoms in total. The summed E-state index contributed by atoms with van der Waals surface area (Å²) in [4.78, 5) is 11.8. The number of hydrogen-bond donors (Lipinski definition) is 1. The summed E-state index contributed by atoms with van der Waals surface area (Å²) in [5.74, 6) is -0.454. The molecule has 1 N–H and O–H groups in total. The van der Waals surface area contributed by atoms with Crippen LogP contribution in [0.5, 0.6) is 0 Å². The van der Waals surface area contributed by atoms with Crippen LogP contribution in [0.15, 0.2) is 53.4 Å². The number of sulfonamides is 2. The third-order valence-electron chi connectivity index (χ3n) is 4.81. The maximum absolute atomic E-state index is 12.6. The Morgan fingerprint density at radius 1 is 1.00 bits per heavy atom. The van der Waals surface area contributed by atoms with Crippen molar-refractivity contribution in [2.45, 2.75) is 4.90 Å². The zero-order chi connectivity index (χ0) is 22.6. The standard InChI is InChI=1S/C18H21ClN4O6S2/c19-15-4-3-5-16(14-15)21-9-11-22(12-10-21)30(26,27)13-8-20-31(28,29)18-7-2-1-6-17(18)23(24)25/h1-7,14,20H,8-13H2. The highest BCUT2D eigenvalue weighted by atomic mass is 35.5. The van der Waals surface area contributed by atoms with Gasteiger partial charge in [0.1, 0.15) is 0 Å². The van der Waals surface area contributed by atoms with E-state index < -0.39 is 47.9 Å². The molecule has 0 aliphatic carbocycles. The van der Waals surface area contributed by atoms with Crippen LogP contribution in [0.1, 0.15) is 0 Å². The minimum absolute atomic E-state index is 0.256. The van der Waals surface area contributed by atoms with Crippen LogP contribution in [0, 0.1) is 10.1 Å². The van der Waals surface area contributed by atoms with Crippen molar-refractivity contribution in [1.29, 1.82) is 0 Å². The van der Waals surface area contributed by atoms with Gasteiger partial charge < -0.3 is 4.90 Å². The average Bonchev–Trinajstić information content (AvgIpc) is 2.73. The van der Waals surface area contributed by atoms with Crippen LogP contribution in [0.4, 0.5) is 11.4 Å². The number of para-hydroxylation sites is 1. The molecule has 2 aromatic carbocycles. The Bertz CT molecular complexity index is 1170. The molecule has 1 fully saturated rings. The third-order valence-corrected chi connectivity index (χ3v) is 8.42. The van der Waals surface area contributed by atoms with Gasteiger partial charge in [0.2, 0.25) is 20.0 Å². The molecule has 0 unspecified atom stereocenters. The Morgan fingerprint density at radius 3 is 2.32 bits per heavy atom. The van der Waals surface area contributed by atoms with E-state index in [0.717, 1.165) is 17.8 Å². The van der Waals surface area contributed by atoms with Crippen LogP contribution in [0.2, 0.25) is 5.02 Å². The topological polar surface area (TPSA) is 130 Å². The summed E-state index contributed by atoms with van der Waals surface area (Å²) >= 11 is 6.00. The van der Waals surface area contributed by atoms with E-state index >= 15 is 0 Å². The van der Waals surface area contributed by atoms with Gasteiger partial charge in [0.25, 0.3) is 5.69 Å². The lowest BCUT2D eigenvalue weighted by atomic mass is 10.2. The van der Waals surface area contributed by atoms with E-state index in [1.165, 1.54) is 16.4 Å². The zero-order valence-electron chi connectivity index (χ0n) is 16.3. The van der Waals surface area contributed by atoms with Crippen LogP contribution in [0.3, 0.4) is 0 Å². The van der Waals surface area contributed by atoms with Gasteiger partial charge in [-0.1, -0.05) is 29.8 Å². The highest BCUT2D eigenvalue weighted by Gasteiger charge is 2.29. The van der Waals surface area contributed by atoms with Gasteiger partial charge in [-0.2, -0.15) is 4.31 Å². The number of piperazine rings is 1. The van der Waals surface area contributed by atoms with E-state index in [2.05, 4.69) is 4.72 Å². The number of nitrogens with one attached hydrogen (secondary N) is 1. The fourth-order valence-corrected chi connectivity index (χ4v) is 6.10. The molecule has 168 valence electrons. The Labute approximate surface area is 185 Å². The second-order valence-corrected chi connectivity index (χ2v) is 11.1. The minimum Gasteiger partial charge on any atom is -0.369 e. The van der Waals surface area contributed by atoms with Crippen LogP contribution in [-0.2, 0) is 20.0 Å². The van der Waals surface area contributed by atoms with E-state index in [0.29, 0.717) is 18.1 Å². The smallest absolute Gasteiger partial charge is 0.289 e. The van der Waals surface area contributed by atoms with Crippen molar-refractivity contribution in [3.8, 4) is 0 Å². The van der Waals surface area contributed by atoms with Gasteiger partial charge in [-0.15, -0.1) is 0 Å². The van der Waals surface area contributed by atoms with E-state index in [1.54, 1.807) is 6.07 Å². The summed E-state index contributed by atoms with van der Waals surface area (Å²) in [6.45, 7) is 1.06. The average molecular weight is 489 g/mol. The molecule has 1 saturated heterocycles. The summed E-state index contributed by atoms with van der Waals surface area (Å²) in [6, 6.07) is 12.2. The third kappa shape index (κ3) is 5.71. The molecule has 1 heterocycles. The predicted molar refractivity (Wildman–Crippen MR) is 117 cm³/mol. The van der Waals surface area contributed by atoms with Gasteiger partial charge in [-0.3, -0.25) is 10.1 Å². The highest BCUT2D eigenvalue weighted by molar-refractivity contribution is 7.90. The van der Waals surface area contributed by atoms with E-state index in [4.69, 9.17) is 11.6 Å². The first kappa shape index (κ1) is 23.4. The van der Waals surface area contributed by atoms with E-state index in [-0.39, 0.29) is 13.1 Å². The van der Waals surface area contributed by atoms with Gasteiger partial charge in [0.15, 0.2) is 4.90 Å². The summed E-state index contributed by atoms with van der Waals surface area (Å²) in [7, 11) is -7.94. The molecule has 0 radical (unpaired) electrons. The predicted octanol–water partition coefficient (Wildman–Crippen LogP) is 1.68. The quantitative estimate of drug-likeness (QED) is 0.442. The fourth-order valence-electron chi connectivity index (χ4n) is 3.24. The monoisotopic (exact) mass is 488 g/mol. The van der Waals surface area contributed by atoms with Crippen LogP contribution >= 0.6 is 11.6 Å². The van der Waals surface area contributed by atoms with Gasteiger partial charge in [0, 0.05) is 49.5 Å². The normalized spacial score (nSPS) is 15.7. The maximum Gasteiger partial charge on any atom is 0.289 e. The molecule has 0 saturated carbocycles. The number of hydrogen-bond acceptors (Lipinski definition) is 7. The molecule has 0 spiro atoms. The number of rotatable bonds is 8. The van der Waals surface area contributed by atoms with Crippen molar-refractivity contribution >= 4 is 43.0 Å². The summed E-state index contributed by atoms with van der Waals surface area (Å²) < 4.78 is 53.5. The molecule has 3 rings (SSSR count). The number of nitrogens with zero attached hydrogens (tertiary/aromatic N) is 3. The van der Waals surface area contributed by atoms with Gasteiger partial charge in [0.05, 0.1) is 10.7 Å². The van der Waals surface area contributed by atoms with Crippen molar-refractivity contribution in [3.63, 3.8) is 0 Å². The van der Waals surface area contributed by atoms with Crippen LogP contribution < -0.4 is 9.62 Å². The lowest BCUT2D eigenvalue weighted by Gasteiger charge is -2.35. The Kier molecular flexibility index (Phi) is 7.17. The maximum atomic E-state index is 12.6. The first-order valence-corrected chi connectivity index (χ1v) is 12.8. The molecule has 31 heavy (non-hydrogen) atoms. The molecular weight excluding hydrogens is 468 g/mol. The molecule has 2 aromatic rings. The lowest BCUT2D eigenvalue weighted by Crippen LogP contribution is -2.50. The van der Waals surface area contributed by atoms with Crippen LogP contribution in [0.25, 0.3) is 0 Å². The number of nitro groups is 1. The first-order valence-electron chi connectivity index (χ1n) is 9.31. The van der Waals surface area contributed by atoms with Gasteiger partial charge in [-0.05, 0) is 24.3 Å². The second-order valence-electron chi connectivity index (χ2n) is 6.80. The number of benzene rings is 2. The van der Waals surface area contributed by atoms with Gasteiger partial charge >= 0.3 is 0 Å². The highest BCUT2D eigenvalue weighted by Crippen LogP contribution is 2.23. The number of anilines is 1. The SMILES string of the molecule is O=[N+]([O-])c1ccccc1S(=O)(=O)NCCS(=O)(=O)N1CCN(c2cccc(Cl)c2)CC1. The molecule has 1 aliphatic rings. The van der Waals surface area contributed by atoms with Crippen molar-refractivity contribution < 1.29 is 21.8 Å². The molecule has 0 amide bonds. The summed E-state index contributed by atoms with van der Waals surface area (Å²) in [6.07, 6.45) is 0. The number of halogens is 1. The van der Waals surface area contributed by atoms with Crippen LogP contribution in [-0.4, -0.2) is 64.5 Å². The van der Waals surface area contributed by atoms with Gasteiger partial charge in [-0.25, -0.2) is 21.6 Å². The lowest BCUT2D eigenvalue weighted by molar-refractivity contribution is -0.387. The Morgan fingerprint density at radius 2 is 1.68 bits per heavy atom. The Hall–Kier alpha value is -2.25. The zero-order valence-corrected chi connectivity index (χ0v) is 18.7. The molecule has 0 bridgehead atoms. The molecular formula is C18H21ClN4O6S2. The van der Waals surface area contributed by atoms with Crippen molar-refractivity contribution in [3.05, 3.63) is 63.7 Å². The molecule has 0 atom stereocenters. The molecule has 13 heteroatoms.